The summed E-state index contributed by atoms with van der Waals surface area (Å²) in [6.07, 6.45) is 4.86. The zero-order valence-electron chi connectivity index (χ0n) is 15.8. The molecule has 8 heteroatoms. The highest BCUT2D eigenvalue weighted by atomic mass is 35.5. The van der Waals surface area contributed by atoms with E-state index in [1.165, 1.54) is 18.6 Å². The third-order valence-corrected chi connectivity index (χ3v) is 5.47. The first-order valence-corrected chi connectivity index (χ1v) is 9.15. The molecule has 2 N–H and O–H groups in total. The van der Waals surface area contributed by atoms with E-state index >= 15 is 0 Å². The Balaban J connectivity index is 0.00000182. The Kier molecular flexibility index (Phi) is 9.28. The average Bonchev–Trinajstić information content (AvgIpc) is 2.63. The van der Waals surface area contributed by atoms with Crippen LogP contribution in [0.1, 0.15) is 37.7 Å². The fourth-order valence-electron chi connectivity index (χ4n) is 3.93. The highest BCUT2D eigenvalue weighted by molar-refractivity contribution is 5.86. The summed E-state index contributed by atoms with van der Waals surface area (Å²) in [5, 5.41) is 0. The summed E-state index contributed by atoms with van der Waals surface area (Å²) in [5.74, 6) is 0.546. The standard InChI is InChI=1S/C19H28FN3O2.2ClH/c1-25-17-6-5-16(20)13-15(17)14-22-9-11-23(12-10-22)18(24)19(21)7-3-2-4-8-19;;/h5-6,13H,2-4,7-12,14,21H2,1H3;2*1H. The molecule has 1 heterocycles. The normalized spacial score (nSPS) is 19.6. The van der Waals surface area contributed by atoms with E-state index in [2.05, 4.69) is 4.90 Å². The minimum absolute atomic E-state index is 0. The van der Waals surface area contributed by atoms with Crippen LogP contribution in [0.15, 0.2) is 18.2 Å². The fraction of sp³-hybridized carbons (Fsp3) is 0.632. The van der Waals surface area contributed by atoms with Crippen molar-refractivity contribution in [2.45, 2.75) is 44.2 Å². The Labute approximate surface area is 173 Å². The van der Waals surface area contributed by atoms with Crippen LogP contribution in [-0.4, -0.2) is 54.5 Å². The van der Waals surface area contributed by atoms with Crippen LogP contribution in [-0.2, 0) is 11.3 Å². The molecule has 1 aromatic rings. The van der Waals surface area contributed by atoms with Crippen molar-refractivity contribution in [3.05, 3.63) is 29.6 Å². The number of halogens is 3. The highest BCUT2D eigenvalue weighted by Gasteiger charge is 2.39. The molecule has 1 aromatic carbocycles. The Bertz CT molecular complexity index is 619. The van der Waals surface area contributed by atoms with Gasteiger partial charge in [0, 0.05) is 38.3 Å². The van der Waals surface area contributed by atoms with E-state index in [0.29, 0.717) is 25.4 Å². The van der Waals surface area contributed by atoms with Crippen molar-refractivity contribution in [3.63, 3.8) is 0 Å². The third kappa shape index (κ3) is 5.70. The van der Waals surface area contributed by atoms with Gasteiger partial charge >= 0.3 is 0 Å². The third-order valence-electron chi connectivity index (χ3n) is 5.47. The van der Waals surface area contributed by atoms with Gasteiger partial charge in [0.05, 0.1) is 12.6 Å². The number of nitrogens with zero attached hydrogens (tertiary/aromatic N) is 2. The number of carbonyl (C=O) groups excluding carboxylic acids is 1. The number of nitrogens with two attached hydrogens (primary N) is 1. The van der Waals surface area contributed by atoms with Gasteiger partial charge in [-0.3, -0.25) is 9.69 Å². The first-order valence-electron chi connectivity index (χ1n) is 9.15. The molecule has 2 fully saturated rings. The Morgan fingerprint density at radius 2 is 1.78 bits per heavy atom. The van der Waals surface area contributed by atoms with Crippen molar-refractivity contribution in [1.82, 2.24) is 9.80 Å². The molecule has 0 atom stereocenters. The van der Waals surface area contributed by atoms with Crippen molar-refractivity contribution in [3.8, 4) is 5.75 Å². The van der Waals surface area contributed by atoms with Crippen LogP contribution in [0.5, 0.6) is 5.75 Å². The number of rotatable bonds is 4. The van der Waals surface area contributed by atoms with E-state index in [4.69, 9.17) is 10.5 Å². The lowest BCUT2D eigenvalue weighted by molar-refractivity contribution is -0.140. The second-order valence-corrected chi connectivity index (χ2v) is 7.24. The second-order valence-electron chi connectivity index (χ2n) is 7.24. The van der Waals surface area contributed by atoms with Crippen molar-refractivity contribution in [1.29, 1.82) is 0 Å². The van der Waals surface area contributed by atoms with Gasteiger partial charge in [0.25, 0.3) is 0 Å². The Hall–Kier alpha value is -1.08. The first-order chi connectivity index (χ1) is 12.0. The molecule has 1 saturated carbocycles. The maximum Gasteiger partial charge on any atom is 0.242 e. The van der Waals surface area contributed by atoms with Gasteiger partial charge in [0.2, 0.25) is 5.91 Å². The van der Waals surface area contributed by atoms with Crippen LogP contribution in [0.2, 0.25) is 0 Å². The van der Waals surface area contributed by atoms with Crippen LogP contribution >= 0.6 is 24.8 Å². The zero-order chi connectivity index (χ0) is 17.9. The molecule has 0 radical (unpaired) electrons. The molecule has 5 nitrogen and oxygen atoms in total. The van der Waals surface area contributed by atoms with Gasteiger partial charge in [-0.15, -0.1) is 24.8 Å². The number of amides is 1. The predicted molar refractivity (Wildman–Crippen MR) is 109 cm³/mol. The highest BCUT2D eigenvalue weighted by Crippen LogP contribution is 2.28. The number of hydrogen-bond donors (Lipinski definition) is 1. The molecule has 3 rings (SSSR count). The summed E-state index contributed by atoms with van der Waals surface area (Å²) < 4.78 is 18.8. The molecule has 0 unspecified atom stereocenters. The van der Waals surface area contributed by atoms with Crippen LogP contribution in [0.3, 0.4) is 0 Å². The minimum Gasteiger partial charge on any atom is -0.496 e. The largest absolute Gasteiger partial charge is 0.496 e. The lowest BCUT2D eigenvalue weighted by atomic mass is 9.81. The molecule has 2 aliphatic rings. The number of carbonyl (C=O) groups is 1. The minimum atomic E-state index is -0.661. The van der Waals surface area contributed by atoms with Gasteiger partial charge in [0.1, 0.15) is 11.6 Å². The Morgan fingerprint density at radius 3 is 2.37 bits per heavy atom. The summed E-state index contributed by atoms with van der Waals surface area (Å²) in [6.45, 7) is 3.50. The van der Waals surface area contributed by atoms with Gasteiger partial charge in [-0.05, 0) is 31.0 Å². The smallest absolute Gasteiger partial charge is 0.242 e. The van der Waals surface area contributed by atoms with E-state index in [0.717, 1.165) is 44.3 Å². The molecule has 1 saturated heterocycles. The van der Waals surface area contributed by atoms with Crippen molar-refractivity contribution in [2.24, 2.45) is 5.73 Å². The molecular formula is C19H30Cl2FN3O2. The SMILES string of the molecule is COc1ccc(F)cc1CN1CCN(C(=O)C2(N)CCCCC2)CC1.Cl.Cl. The fourth-order valence-corrected chi connectivity index (χ4v) is 3.93. The average molecular weight is 422 g/mol. The predicted octanol–water partition coefficient (Wildman–Crippen LogP) is 2.98. The summed E-state index contributed by atoms with van der Waals surface area (Å²) >= 11 is 0. The zero-order valence-corrected chi connectivity index (χ0v) is 17.4. The van der Waals surface area contributed by atoms with Crippen molar-refractivity contribution < 1.29 is 13.9 Å². The lowest BCUT2D eigenvalue weighted by Gasteiger charge is -2.41. The number of methoxy groups -OCH3 is 1. The van der Waals surface area contributed by atoms with Crippen molar-refractivity contribution >= 4 is 30.7 Å². The molecule has 0 aromatic heterocycles. The molecule has 1 aliphatic carbocycles. The number of benzene rings is 1. The van der Waals surface area contributed by atoms with Gasteiger partial charge in [-0.1, -0.05) is 19.3 Å². The summed E-state index contributed by atoms with van der Waals surface area (Å²) in [7, 11) is 1.60. The molecule has 1 amide bonds. The van der Waals surface area contributed by atoms with Gasteiger partial charge < -0.3 is 15.4 Å². The van der Waals surface area contributed by atoms with Gasteiger partial charge in [-0.2, -0.15) is 0 Å². The lowest BCUT2D eigenvalue weighted by Crippen LogP contribution is -2.60. The molecule has 0 bridgehead atoms. The topological polar surface area (TPSA) is 58.8 Å². The van der Waals surface area contributed by atoms with Crippen LogP contribution in [0.25, 0.3) is 0 Å². The molecule has 154 valence electrons. The second kappa shape index (κ2) is 10.5. The van der Waals surface area contributed by atoms with E-state index in [1.807, 2.05) is 4.90 Å². The molecule has 27 heavy (non-hydrogen) atoms. The molecular weight excluding hydrogens is 392 g/mol. The quantitative estimate of drug-likeness (QED) is 0.811. The number of hydrogen-bond acceptors (Lipinski definition) is 4. The van der Waals surface area contributed by atoms with Gasteiger partial charge in [-0.25, -0.2) is 4.39 Å². The summed E-state index contributed by atoms with van der Waals surface area (Å²) in [4.78, 5) is 16.9. The van der Waals surface area contributed by atoms with Crippen LogP contribution in [0.4, 0.5) is 4.39 Å². The van der Waals surface area contributed by atoms with E-state index in [9.17, 15) is 9.18 Å². The van der Waals surface area contributed by atoms with Crippen LogP contribution in [0, 0.1) is 5.82 Å². The van der Waals surface area contributed by atoms with Crippen LogP contribution < -0.4 is 10.5 Å². The maximum atomic E-state index is 13.5. The number of ether oxygens (including phenoxy) is 1. The maximum absolute atomic E-state index is 13.5. The summed E-state index contributed by atoms with van der Waals surface area (Å²) in [6, 6.07) is 4.59. The molecule has 0 spiro atoms. The van der Waals surface area contributed by atoms with Crippen molar-refractivity contribution in [2.75, 3.05) is 33.3 Å². The van der Waals surface area contributed by atoms with E-state index < -0.39 is 5.54 Å². The van der Waals surface area contributed by atoms with E-state index in [-0.39, 0.29) is 36.5 Å². The number of piperazine rings is 1. The summed E-state index contributed by atoms with van der Waals surface area (Å²) in [5.41, 5.74) is 6.56. The van der Waals surface area contributed by atoms with Gasteiger partial charge in [0.15, 0.2) is 0 Å². The first kappa shape index (κ1) is 24.0. The van der Waals surface area contributed by atoms with E-state index in [1.54, 1.807) is 13.2 Å². The molecule has 1 aliphatic heterocycles. The monoisotopic (exact) mass is 421 g/mol. The Morgan fingerprint density at radius 1 is 1.15 bits per heavy atom.